The number of halogens is 1. The van der Waals surface area contributed by atoms with Crippen molar-refractivity contribution in [3.05, 3.63) is 16.9 Å². The van der Waals surface area contributed by atoms with Gasteiger partial charge >= 0.3 is 6.03 Å². The van der Waals surface area contributed by atoms with Crippen molar-refractivity contribution in [2.45, 2.75) is 6.54 Å². The Kier molecular flexibility index (Phi) is 3.02. The Morgan fingerprint density at radius 3 is 2.85 bits per heavy atom. The number of nitrogens with one attached hydrogen (secondary N) is 1. The first-order chi connectivity index (χ1) is 6.08. The van der Waals surface area contributed by atoms with Gasteiger partial charge in [-0.05, 0) is 22.0 Å². The lowest BCUT2D eigenvalue weighted by molar-refractivity contribution is -0.120. The van der Waals surface area contributed by atoms with Crippen LogP contribution in [0, 0.1) is 0 Å². The van der Waals surface area contributed by atoms with E-state index < -0.39 is 11.9 Å². The number of hydrogen-bond acceptors (Lipinski definition) is 3. The van der Waals surface area contributed by atoms with Gasteiger partial charge in [-0.2, -0.15) is 5.10 Å². The summed E-state index contributed by atoms with van der Waals surface area (Å²) >= 11 is 3.12. The highest BCUT2D eigenvalue weighted by atomic mass is 79.9. The van der Waals surface area contributed by atoms with E-state index in [1.807, 2.05) is 5.32 Å². The van der Waals surface area contributed by atoms with Crippen LogP contribution in [0.2, 0.25) is 0 Å². The van der Waals surface area contributed by atoms with E-state index in [4.69, 9.17) is 5.73 Å². The molecule has 0 saturated carbocycles. The van der Waals surface area contributed by atoms with E-state index in [-0.39, 0.29) is 6.54 Å². The first-order valence-electron chi connectivity index (χ1n) is 3.36. The minimum atomic E-state index is -0.865. The number of urea groups is 1. The fraction of sp³-hybridized carbons (Fsp3) is 0.167. The minimum Gasteiger partial charge on any atom is -0.351 e. The molecule has 0 fully saturated rings. The minimum absolute atomic E-state index is 0.0332. The fourth-order valence-electron chi connectivity index (χ4n) is 0.749. The van der Waals surface area contributed by atoms with E-state index >= 15 is 0 Å². The van der Waals surface area contributed by atoms with Crippen molar-refractivity contribution < 1.29 is 9.59 Å². The summed E-state index contributed by atoms with van der Waals surface area (Å²) in [6.45, 7) is -0.0332. The van der Waals surface area contributed by atoms with Gasteiger partial charge in [0.25, 0.3) is 0 Å². The van der Waals surface area contributed by atoms with Crippen LogP contribution in [0.5, 0.6) is 0 Å². The van der Waals surface area contributed by atoms with Crippen LogP contribution in [-0.4, -0.2) is 21.7 Å². The Labute approximate surface area is 82.2 Å². The maximum atomic E-state index is 10.9. The Morgan fingerprint density at radius 2 is 2.38 bits per heavy atom. The highest BCUT2D eigenvalue weighted by Crippen LogP contribution is 2.03. The molecular formula is C6H7BrN4O2. The molecule has 1 rings (SSSR count). The molecule has 3 amide bonds. The average Bonchev–Trinajstić information content (AvgIpc) is 2.33. The summed E-state index contributed by atoms with van der Waals surface area (Å²) < 4.78 is 2.00. The molecule has 0 aromatic carbocycles. The van der Waals surface area contributed by atoms with Crippen LogP contribution in [0.4, 0.5) is 4.79 Å². The molecule has 0 saturated heterocycles. The molecule has 1 aromatic rings. The summed E-state index contributed by atoms with van der Waals surface area (Å²) in [7, 11) is 0. The quantitative estimate of drug-likeness (QED) is 0.760. The zero-order chi connectivity index (χ0) is 9.84. The molecule has 1 aromatic heterocycles. The molecule has 0 aliphatic heterocycles. The molecule has 0 bridgehead atoms. The summed E-state index contributed by atoms with van der Waals surface area (Å²) in [5, 5.41) is 5.80. The molecule has 0 aliphatic rings. The maximum absolute atomic E-state index is 10.9. The number of rotatable bonds is 2. The van der Waals surface area contributed by atoms with E-state index in [1.54, 1.807) is 12.3 Å². The second-order valence-electron chi connectivity index (χ2n) is 2.25. The molecule has 0 unspecified atom stereocenters. The Morgan fingerprint density at radius 1 is 1.69 bits per heavy atom. The molecule has 0 atom stereocenters. The van der Waals surface area contributed by atoms with Gasteiger partial charge in [0.2, 0.25) is 5.91 Å². The smallest absolute Gasteiger partial charge is 0.318 e. The Bertz CT molecular complexity index is 335. The monoisotopic (exact) mass is 246 g/mol. The van der Waals surface area contributed by atoms with Crippen molar-refractivity contribution in [2.24, 2.45) is 5.73 Å². The largest absolute Gasteiger partial charge is 0.351 e. The Balaban J connectivity index is 2.50. The summed E-state index contributed by atoms with van der Waals surface area (Å²) in [5.41, 5.74) is 4.74. The number of hydrogen-bond donors (Lipinski definition) is 2. The van der Waals surface area contributed by atoms with E-state index in [9.17, 15) is 9.59 Å². The molecule has 70 valence electrons. The lowest BCUT2D eigenvalue weighted by Crippen LogP contribution is -2.37. The van der Waals surface area contributed by atoms with Gasteiger partial charge in [-0.15, -0.1) is 0 Å². The summed E-state index contributed by atoms with van der Waals surface area (Å²) in [6.07, 6.45) is 1.60. The van der Waals surface area contributed by atoms with E-state index in [1.165, 1.54) is 4.68 Å². The van der Waals surface area contributed by atoms with Crippen molar-refractivity contribution in [3.8, 4) is 0 Å². The van der Waals surface area contributed by atoms with Crippen molar-refractivity contribution in [2.75, 3.05) is 0 Å². The van der Waals surface area contributed by atoms with E-state index in [0.29, 0.717) is 4.60 Å². The van der Waals surface area contributed by atoms with Crippen LogP contribution in [0.25, 0.3) is 0 Å². The van der Waals surface area contributed by atoms with Crippen LogP contribution in [0.1, 0.15) is 0 Å². The van der Waals surface area contributed by atoms with Crippen molar-refractivity contribution in [1.82, 2.24) is 15.1 Å². The molecule has 3 N–H and O–H groups in total. The van der Waals surface area contributed by atoms with Crippen LogP contribution in [0.15, 0.2) is 16.9 Å². The van der Waals surface area contributed by atoms with Gasteiger partial charge in [-0.1, -0.05) is 0 Å². The normalized spacial score (nSPS) is 9.62. The van der Waals surface area contributed by atoms with Gasteiger partial charge in [-0.3, -0.25) is 14.8 Å². The Hall–Kier alpha value is -1.37. The number of carbonyl (C=O) groups excluding carboxylic acids is 2. The first kappa shape index (κ1) is 9.72. The number of primary amides is 1. The molecule has 13 heavy (non-hydrogen) atoms. The predicted octanol–water partition coefficient (Wildman–Crippen LogP) is -0.159. The summed E-state index contributed by atoms with van der Waals surface area (Å²) in [6, 6.07) is 0.814. The number of nitrogens with two attached hydrogens (primary N) is 1. The SMILES string of the molecule is NC(=O)NC(=O)Cn1ccc(Br)n1. The highest BCUT2D eigenvalue weighted by Gasteiger charge is 2.05. The van der Waals surface area contributed by atoms with Gasteiger partial charge in [0.1, 0.15) is 11.1 Å². The molecule has 0 spiro atoms. The van der Waals surface area contributed by atoms with Crippen LogP contribution in [-0.2, 0) is 11.3 Å². The molecular weight excluding hydrogens is 240 g/mol. The standard InChI is InChI=1S/C6H7BrN4O2/c7-4-1-2-11(10-4)3-5(12)9-6(8)13/h1-2H,3H2,(H3,8,9,12,13). The van der Waals surface area contributed by atoms with Crippen molar-refractivity contribution in [3.63, 3.8) is 0 Å². The third-order valence-electron chi connectivity index (χ3n) is 1.18. The van der Waals surface area contributed by atoms with Crippen LogP contribution < -0.4 is 11.1 Å². The van der Waals surface area contributed by atoms with Crippen LogP contribution in [0.3, 0.4) is 0 Å². The van der Waals surface area contributed by atoms with Gasteiger partial charge in [-0.25, -0.2) is 4.79 Å². The maximum Gasteiger partial charge on any atom is 0.318 e. The fourth-order valence-corrected chi connectivity index (χ4v) is 1.07. The number of nitrogens with zero attached hydrogens (tertiary/aromatic N) is 2. The van der Waals surface area contributed by atoms with Gasteiger partial charge in [0.15, 0.2) is 0 Å². The second kappa shape index (κ2) is 4.04. The number of aromatic nitrogens is 2. The molecule has 6 nitrogen and oxygen atoms in total. The van der Waals surface area contributed by atoms with E-state index in [0.717, 1.165) is 0 Å². The zero-order valence-corrected chi connectivity index (χ0v) is 8.11. The molecule has 0 radical (unpaired) electrons. The summed E-state index contributed by atoms with van der Waals surface area (Å²) in [5.74, 6) is -0.497. The lowest BCUT2D eigenvalue weighted by Gasteiger charge is -1.99. The molecule has 0 aliphatic carbocycles. The number of amides is 3. The van der Waals surface area contributed by atoms with Gasteiger partial charge in [0.05, 0.1) is 0 Å². The number of imide groups is 1. The first-order valence-corrected chi connectivity index (χ1v) is 4.15. The van der Waals surface area contributed by atoms with Crippen LogP contribution >= 0.6 is 15.9 Å². The van der Waals surface area contributed by atoms with Gasteiger partial charge in [0, 0.05) is 6.20 Å². The predicted molar refractivity (Wildman–Crippen MR) is 47.7 cm³/mol. The molecule has 7 heteroatoms. The van der Waals surface area contributed by atoms with Gasteiger partial charge < -0.3 is 5.73 Å². The van der Waals surface area contributed by atoms with E-state index in [2.05, 4.69) is 21.0 Å². The van der Waals surface area contributed by atoms with Crippen molar-refractivity contribution >= 4 is 27.9 Å². The third-order valence-corrected chi connectivity index (χ3v) is 1.60. The average molecular weight is 247 g/mol. The third kappa shape index (κ3) is 3.24. The number of carbonyl (C=O) groups is 2. The second-order valence-corrected chi connectivity index (χ2v) is 3.06. The molecule has 1 heterocycles. The zero-order valence-electron chi connectivity index (χ0n) is 6.53. The topological polar surface area (TPSA) is 90.0 Å². The lowest BCUT2D eigenvalue weighted by atomic mass is 10.6. The highest BCUT2D eigenvalue weighted by molar-refractivity contribution is 9.10. The summed E-state index contributed by atoms with van der Waals surface area (Å²) in [4.78, 5) is 21.2. The van der Waals surface area contributed by atoms with Crippen molar-refractivity contribution in [1.29, 1.82) is 0 Å².